The van der Waals surface area contributed by atoms with Crippen LogP contribution in [0.5, 0.6) is 0 Å². The maximum atomic E-state index is 5.69. The van der Waals surface area contributed by atoms with Crippen LogP contribution in [0.1, 0.15) is 0 Å². The molecule has 0 amide bonds. The Kier molecular flexibility index (Phi) is 2.10. The molecule has 2 heterocycles. The van der Waals surface area contributed by atoms with Crippen molar-refractivity contribution in [3.05, 3.63) is 6.20 Å². The Morgan fingerprint density at radius 2 is 2.15 bits per heavy atom. The van der Waals surface area contributed by atoms with Crippen LogP contribution in [-0.2, 0) is 11.8 Å². The number of imidazole rings is 1. The van der Waals surface area contributed by atoms with Crippen molar-refractivity contribution in [1.29, 1.82) is 0 Å². The number of aromatic nitrogens is 2. The minimum Gasteiger partial charge on any atom is -0.384 e. The van der Waals surface area contributed by atoms with E-state index < -0.39 is 0 Å². The SMILES string of the molecule is Cn1c(N)cnc1N1CCOCC1. The number of morpholine rings is 1. The van der Waals surface area contributed by atoms with Gasteiger partial charge in [0.2, 0.25) is 5.95 Å². The van der Waals surface area contributed by atoms with E-state index in [9.17, 15) is 0 Å². The number of nitrogens with zero attached hydrogens (tertiary/aromatic N) is 3. The maximum Gasteiger partial charge on any atom is 0.206 e. The first-order chi connectivity index (χ1) is 6.29. The van der Waals surface area contributed by atoms with Crippen molar-refractivity contribution in [2.24, 2.45) is 7.05 Å². The van der Waals surface area contributed by atoms with Crippen molar-refractivity contribution >= 4 is 11.8 Å². The molecule has 2 N–H and O–H groups in total. The molecule has 1 saturated heterocycles. The van der Waals surface area contributed by atoms with Gasteiger partial charge in [-0.05, 0) is 0 Å². The number of nitrogen functional groups attached to an aromatic ring is 1. The topological polar surface area (TPSA) is 56.3 Å². The Hall–Kier alpha value is -1.23. The highest BCUT2D eigenvalue weighted by Gasteiger charge is 2.15. The van der Waals surface area contributed by atoms with Crippen LogP contribution in [0.3, 0.4) is 0 Å². The van der Waals surface area contributed by atoms with Crippen molar-refractivity contribution in [2.45, 2.75) is 0 Å². The Morgan fingerprint density at radius 1 is 1.46 bits per heavy atom. The molecule has 0 aliphatic carbocycles. The molecule has 0 spiro atoms. The number of hydrogen-bond acceptors (Lipinski definition) is 4. The zero-order chi connectivity index (χ0) is 9.26. The van der Waals surface area contributed by atoms with Gasteiger partial charge >= 0.3 is 0 Å². The van der Waals surface area contributed by atoms with E-state index in [1.807, 2.05) is 11.6 Å². The van der Waals surface area contributed by atoms with Gasteiger partial charge in [0.15, 0.2) is 0 Å². The van der Waals surface area contributed by atoms with E-state index >= 15 is 0 Å². The Bertz CT molecular complexity index is 290. The summed E-state index contributed by atoms with van der Waals surface area (Å²) in [7, 11) is 1.92. The third-order valence-corrected chi connectivity index (χ3v) is 2.29. The van der Waals surface area contributed by atoms with E-state index in [1.165, 1.54) is 0 Å². The number of ether oxygens (including phenoxy) is 1. The summed E-state index contributed by atoms with van der Waals surface area (Å²) in [6.45, 7) is 3.33. The minimum absolute atomic E-state index is 0.696. The second-order valence-corrected chi connectivity index (χ2v) is 3.14. The fraction of sp³-hybridized carbons (Fsp3) is 0.625. The van der Waals surface area contributed by atoms with Gasteiger partial charge in [0.05, 0.1) is 19.4 Å². The van der Waals surface area contributed by atoms with Crippen LogP contribution < -0.4 is 10.6 Å². The molecule has 5 heteroatoms. The Labute approximate surface area is 77.1 Å². The smallest absolute Gasteiger partial charge is 0.206 e. The number of rotatable bonds is 1. The molecule has 1 fully saturated rings. The van der Waals surface area contributed by atoms with Crippen LogP contribution in [0.2, 0.25) is 0 Å². The predicted octanol–water partition coefficient (Wildman–Crippen LogP) is -0.161. The summed E-state index contributed by atoms with van der Waals surface area (Å²) in [5.41, 5.74) is 5.69. The first-order valence-electron chi connectivity index (χ1n) is 4.39. The largest absolute Gasteiger partial charge is 0.384 e. The lowest BCUT2D eigenvalue weighted by atomic mass is 10.4. The van der Waals surface area contributed by atoms with Crippen molar-refractivity contribution in [2.75, 3.05) is 36.9 Å². The molecule has 1 aliphatic heterocycles. The summed E-state index contributed by atoms with van der Waals surface area (Å²) in [5.74, 6) is 1.63. The molecule has 72 valence electrons. The van der Waals surface area contributed by atoms with Gasteiger partial charge in [0.1, 0.15) is 5.82 Å². The quantitative estimate of drug-likeness (QED) is 0.655. The molecule has 5 nitrogen and oxygen atoms in total. The average molecular weight is 182 g/mol. The molecule has 1 aliphatic rings. The van der Waals surface area contributed by atoms with E-state index in [4.69, 9.17) is 10.5 Å². The molecular formula is C8H14N4O. The average Bonchev–Trinajstić information content (AvgIpc) is 2.49. The molecule has 1 aromatic heterocycles. The molecule has 0 saturated carbocycles. The Balaban J connectivity index is 2.18. The van der Waals surface area contributed by atoms with Gasteiger partial charge in [0, 0.05) is 20.1 Å². The van der Waals surface area contributed by atoms with Crippen molar-refractivity contribution in [1.82, 2.24) is 9.55 Å². The van der Waals surface area contributed by atoms with E-state index in [2.05, 4.69) is 9.88 Å². The van der Waals surface area contributed by atoms with Gasteiger partial charge in [-0.25, -0.2) is 4.98 Å². The van der Waals surface area contributed by atoms with Gasteiger partial charge in [-0.2, -0.15) is 0 Å². The lowest BCUT2D eigenvalue weighted by molar-refractivity contribution is 0.122. The fourth-order valence-corrected chi connectivity index (χ4v) is 1.47. The molecule has 0 aromatic carbocycles. The predicted molar refractivity (Wildman–Crippen MR) is 50.7 cm³/mol. The summed E-state index contributed by atoms with van der Waals surface area (Å²) in [6, 6.07) is 0. The highest BCUT2D eigenvalue weighted by Crippen LogP contribution is 2.15. The van der Waals surface area contributed by atoms with Gasteiger partial charge < -0.3 is 19.9 Å². The molecule has 0 atom stereocenters. The van der Waals surface area contributed by atoms with E-state index in [0.29, 0.717) is 5.82 Å². The highest BCUT2D eigenvalue weighted by atomic mass is 16.5. The lowest BCUT2D eigenvalue weighted by Crippen LogP contribution is -2.37. The van der Waals surface area contributed by atoms with Gasteiger partial charge in [0.25, 0.3) is 0 Å². The van der Waals surface area contributed by atoms with Gasteiger partial charge in [-0.3, -0.25) is 0 Å². The van der Waals surface area contributed by atoms with Crippen LogP contribution in [0.4, 0.5) is 11.8 Å². The summed E-state index contributed by atoms with van der Waals surface area (Å²) in [5, 5.41) is 0. The third kappa shape index (κ3) is 1.47. The van der Waals surface area contributed by atoms with Crippen LogP contribution >= 0.6 is 0 Å². The summed E-state index contributed by atoms with van der Waals surface area (Å²) in [6.07, 6.45) is 1.69. The monoisotopic (exact) mass is 182 g/mol. The first-order valence-corrected chi connectivity index (χ1v) is 4.39. The standard InChI is InChI=1S/C8H14N4O/c1-11-7(9)6-10-8(11)12-2-4-13-5-3-12/h6H,2-5,9H2,1H3. The van der Waals surface area contributed by atoms with Gasteiger partial charge in [-0.15, -0.1) is 0 Å². The van der Waals surface area contributed by atoms with Crippen molar-refractivity contribution < 1.29 is 4.74 Å². The normalized spacial score (nSPS) is 17.8. The molecule has 2 rings (SSSR count). The molecule has 0 radical (unpaired) electrons. The second kappa shape index (κ2) is 3.26. The molecule has 1 aromatic rings. The van der Waals surface area contributed by atoms with Gasteiger partial charge in [-0.1, -0.05) is 0 Å². The summed E-state index contributed by atoms with van der Waals surface area (Å²) in [4.78, 5) is 6.43. The molecule has 0 unspecified atom stereocenters. The van der Waals surface area contributed by atoms with Crippen molar-refractivity contribution in [3.8, 4) is 0 Å². The number of nitrogens with two attached hydrogens (primary N) is 1. The number of anilines is 2. The molecule has 0 bridgehead atoms. The fourth-order valence-electron chi connectivity index (χ4n) is 1.47. The third-order valence-electron chi connectivity index (χ3n) is 2.29. The van der Waals surface area contributed by atoms with Crippen LogP contribution in [0, 0.1) is 0 Å². The van der Waals surface area contributed by atoms with Crippen molar-refractivity contribution in [3.63, 3.8) is 0 Å². The zero-order valence-corrected chi connectivity index (χ0v) is 7.73. The van der Waals surface area contributed by atoms with E-state index in [1.54, 1.807) is 6.20 Å². The minimum atomic E-state index is 0.696. The molecule has 13 heavy (non-hydrogen) atoms. The lowest BCUT2D eigenvalue weighted by Gasteiger charge is -2.27. The Morgan fingerprint density at radius 3 is 2.69 bits per heavy atom. The second-order valence-electron chi connectivity index (χ2n) is 3.14. The van der Waals surface area contributed by atoms with Crippen LogP contribution in [0.15, 0.2) is 6.20 Å². The summed E-state index contributed by atoms with van der Waals surface area (Å²) < 4.78 is 7.15. The van der Waals surface area contributed by atoms with Crippen LogP contribution in [-0.4, -0.2) is 35.9 Å². The first kappa shape index (κ1) is 8.37. The van der Waals surface area contributed by atoms with Crippen LogP contribution in [0.25, 0.3) is 0 Å². The maximum absolute atomic E-state index is 5.69. The number of hydrogen-bond donors (Lipinski definition) is 1. The zero-order valence-electron chi connectivity index (χ0n) is 7.73. The van der Waals surface area contributed by atoms with E-state index in [0.717, 1.165) is 32.3 Å². The highest BCUT2D eigenvalue weighted by molar-refractivity contribution is 5.42. The van der Waals surface area contributed by atoms with E-state index in [-0.39, 0.29) is 0 Å². The summed E-state index contributed by atoms with van der Waals surface area (Å²) >= 11 is 0. The molecular weight excluding hydrogens is 168 g/mol.